The number of nitroso groups, excluding NO2 is 1. The van der Waals surface area contributed by atoms with Crippen LogP contribution in [-0.4, -0.2) is 23.7 Å². The number of hydrogen-bond donors (Lipinski definition) is 1. The molecule has 0 unspecified atom stereocenters. The number of benzene rings is 1. The van der Waals surface area contributed by atoms with Crippen molar-refractivity contribution in [1.29, 1.82) is 0 Å². The SMILES string of the molecule is N[N+](=O)c1cc([N+](=O)[O-])c(S(=O)(=O)C(F)(F)F)c(C(F)(F)F)c1. The number of nitro benzene ring substituents is 1. The third kappa shape index (κ3) is 3.33. The van der Waals surface area contributed by atoms with E-state index in [-0.39, 0.29) is 12.1 Å². The van der Waals surface area contributed by atoms with Crippen LogP contribution in [0.2, 0.25) is 0 Å². The topological polar surface area (TPSA) is 123 Å². The Morgan fingerprint density at radius 1 is 1.04 bits per heavy atom. The average molecular weight is 368 g/mol. The second-order valence-electron chi connectivity index (χ2n) is 3.87. The third-order valence-electron chi connectivity index (χ3n) is 2.38. The highest BCUT2D eigenvalue weighted by Crippen LogP contribution is 2.45. The Balaban J connectivity index is 4.09. The van der Waals surface area contributed by atoms with Crippen LogP contribution >= 0.6 is 0 Å². The van der Waals surface area contributed by atoms with Crippen molar-refractivity contribution < 1.29 is 44.6 Å². The van der Waals surface area contributed by atoms with Crippen LogP contribution in [0.5, 0.6) is 0 Å². The largest absolute Gasteiger partial charge is 0.502 e. The van der Waals surface area contributed by atoms with Gasteiger partial charge in [-0.05, 0) is 0 Å². The normalized spacial score (nSPS) is 13.0. The number of nitrogens with zero attached hydrogens (tertiary/aromatic N) is 2. The minimum absolute atomic E-state index is 0.110. The smallest absolute Gasteiger partial charge is 0.258 e. The second kappa shape index (κ2) is 5.32. The zero-order valence-electron chi connectivity index (χ0n) is 10.3. The first-order valence-electron chi connectivity index (χ1n) is 5.03. The van der Waals surface area contributed by atoms with Crippen LogP contribution in [0, 0.1) is 15.0 Å². The quantitative estimate of drug-likeness (QED) is 0.287. The highest BCUT2D eigenvalue weighted by atomic mass is 32.2. The molecule has 1 rings (SSSR count). The summed E-state index contributed by atoms with van der Waals surface area (Å²) in [4.78, 5) is 16.3. The second-order valence-corrected chi connectivity index (χ2v) is 5.75. The van der Waals surface area contributed by atoms with Crippen LogP contribution in [-0.2, 0) is 16.0 Å². The molecule has 1 aromatic rings. The number of sulfone groups is 1. The van der Waals surface area contributed by atoms with Gasteiger partial charge in [0.2, 0.25) is 0 Å². The molecule has 0 amide bonds. The molecule has 1 aromatic carbocycles. The zero-order valence-corrected chi connectivity index (χ0v) is 11.2. The molecule has 0 atom stereocenters. The first-order chi connectivity index (χ1) is 10.1. The average Bonchev–Trinajstić information content (AvgIpc) is 2.34. The fourth-order valence-electron chi connectivity index (χ4n) is 1.47. The van der Waals surface area contributed by atoms with Crippen LogP contribution in [0.15, 0.2) is 17.0 Å². The van der Waals surface area contributed by atoms with Crippen LogP contribution in [0.25, 0.3) is 0 Å². The lowest BCUT2D eigenvalue weighted by molar-refractivity contribution is -0.475. The van der Waals surface area contributed by atoms with Gasteiger partial charge in [0.05, 0.1) is 21.5 Å². The Bertz CT molecular complexity index is 785. The Morgan fingerprint density at radius 2 is 1.52 bits per heavy atom. The molecular weight excluding hydrogens is 364 g/mol. The van der Waals surface area contributed by atoms with E-state index in [1.165, 1.54) is 0 Å². The number of alkyl halides is 6. The van der Waals surface area contributed by atoms with Gasteiger partial charge in [0.1, 0.15) is 0 Å². The summed E-state index contributed by atoms with van der Waals surface area (Å²) in [7, 11) is -6.73. The van der Waals surface area contributed by atoms with Gasteiger partial charge in [-0.1, -0.05) is 0 Å². The molecular formula is C8H4F6N3O5S+. The van der Waals surface area contributed by atoms with Gasteiger partial charge in [0.15, 0.2) is 9.76 Å². The van der Waals surface area contributed by atoms with Crippen molar-refractivity contribution in [3.05, 3.63) is 32.7 Å². The van der Waals surface area contributed by atoms with E-state index in [0.717, 1.165) is 0 Å². The number of hydrogen-bond acceptors (Lipinski definition) is 5. The molecule has 0 aromatic heterocycles. The van der Waals surface area contributed by atoms with Gasteiger partial charge in [0.25, 0.3) is 21.2 Å². The Morgan fingerprint density at radius 3 is 1.83 bits per heavy atom. The monoisotopic (exact) mass is 368 g/mol. The lowest BCUT2D eigenvalue weighted by Crippen LogP contribution is -2.27. The van der Waals surface area contributed by atoms with E-state index >= 15 is 0 Å². The van der Waals surface area contributed by atoms with Crippen molar-refractivity contribution in [2.75, 3.05) is 0 Å². The summed E-state index contributed by atoms with van der Waals surface area (Å²) < 4.78 is 98.6. The molecule has 15 heteroatoms. The molecule has 23 heavy (non-hydrogen) atoms. The van der Waals surface area contributed by atoms with E-state index in [2.05, 4.69) is 5.84 Å². The predicted octanol–water partition coefficient (Wildman–Crippen LogP) is 2.19. The van der Waals surface area contributed by atoms with Crippen molar-refractivity contribution in [3.8, 4) is 0 Å². The van der Waals surface area contributed by atoms with Crippen LogP contribution in [0.1, 0.15) is 5.56 Å². The molecule has 0 saturated heterocycles. The lowest BCUT2D eigenvalue weighted by atomic mass is 10.1. The summed E-state index contributed by atoms with van der Waals surface area (Å²) in [5.74, 6) is 4.56. The summed E-state index contributed by atoms with van der Waals surface area (Å²) in [6, 6.07) is -0.445. The molecule has 0 fully saturated rings. The van der Waals surface area contributed by atoms with Gasteiger partial charge in [0, 0.05) is 6.07 Å². The molecule has 0 saturated carbocycles. The van der Waals surface area contributed by atoms with Crippen LogP contribution in [0.4, 0.5) is 37.7 Å². The number of nitro groups is 1. The molecule has 0 spiro atoms. The minimum atomic E-state index is -6.73. The molecule has 0 heterocycles. The zero-order chi connectivity index (χ0) is 18.4. The summed E-state index contributed by atoms with van der Waals surface area (Å²) >= 11 is 0. The van der Waals surface area contributed by atoms with Gasteiger partial charge in [-0.3, -0.25) is 10.1 Å². The molecule has 0 bridgehead atoms. The van der Waals surface area contributed by atoms with E-state index in [0.29, 0.717) is 0 Å². The van der Waals surface area contributed by atoms with Gasteiger partial charge in [-0.15, -0.1) is 0 Å². The van der Waals surface area contributed by atoms with E-state index in [4.69, 9.17) is 0 Å². The molecule has 2 N–H and O–H groups in total. The Hall–Kier alpha value is -2.45. The van der Waals surface area contributed by atoms with E-state index < -0.39 is 53.1 Å². The molecule has 0 aliphatic carbocycles. The van der Waals surface area contributed by atoms with E-state index in [9.17, 15) is 49.8 Å². The van der Waals surface area contributed by atoms with Crippen molar-refractivity contribution in [3.63, 3.8) is 0 Å². The predicted molar refractivity (Wildman–Crippen MR) is 58.8 cm³/mol. The fourth-order valence-corrected chi connectivity index (χ4v) is 2.57. The van der Waals surface area contributed by atoms with Crippen LogP contribution < -0.4 is 5.84 Å². The maximum absolute atomic E-state index is 12.8. The molecule has 8 nitrogen and oxygen atoms in total. The maximum atomic E-state index is 12.8. The Labute approximate surface area is 122 Å². The van der Waals surface area contributed by atoms with Gasteiger partial charge < -0.3 is 0 Å². The summed E-state index contributed by atoms with van der Waals surface area (Å²) in [5, 5.41) is 10.7. The van der Waals surface area contributed by atoms with Gasteiger partial charge in [-0.25, -0.2) is 8.42 Å². The Kier molecular flexibility index (Phi) is 4.30. The number of halogens is 6. The van der Waals surface area contributed by atoms with Gasteiger partial charge >= 0.3 is 11.7 Å². The molecule has 128 valence electrons. The first-order valence-corrected chi connectivity index (χ1v) is 6.52. The van der Waals surface area contributed by atoms with Crippen LogP contribution in [0.3, 0.4) is 0 Å². The highest BCUT2D eigenvalue weighted by molar-refractivity contribution is 7.92. The van der Waals surface area contributed by atoms with E-state index in [1.54, 1.807) is 0 Å². The lowest BCUT2D eigenvalue weighted by Gasteiger charge is -2.14. The minimum Gasteiger partial charge on any atom is -0.258 e. The van der Waals surface area contributed by atoms with Crippen molar-refractivity contribution in [1.82, 2.24) is 0 Å². The van der Waals surface area contributed by atoms with Gasteiger partial charge in [-0.2, -0.15) is 32.2 Å². The molecule has 0 radical (unpaired) electrons. The fraction of sp³-hybridized carbons (Fsp3) is 0.250. The number of rotatable bonds is 3. The number of hydrazine groups is 1. The molecule has 0 aliphatic rings. The summed E-state index contributed by atoms with van der Waals surface area (Å²) in [5.41, 5.74) is -12.1. The number of nitrogens with two attached hydrogens (primary N) is 1. The maximum Gasteiger partial charge on any atom is 0.502 e. The van der Waals surface area contributed by atoms with E-state index in [1.807, 2.05) is 0 Å². The summed E-state index contributed by atoms with van der Waals surface area (Å²) in [6.07, 6.45) is -5.75. The highest BCUT2D eigenvalue weighted by Gasteiger charge is 2.55. The molecule has 0 aliphatic heterocycles. The van der Waals surface area contributed by atoms with Crippen molar-refractivity contribution in [2.24, 2.45) is 5.84 Å². The van der Waals surface area contributed by atoms with Crippen molar-refractivity contribution >= 4 is 21.2 Å². The first kappa shape index (κ1) is 18.6. The standard InChI is InChI=1S/C8H4F6N3O5S/c9-7(10,11)4-1-3(16(15)18)2-5(17(19)20)6(4)23(21,22)8(12,13)14/h1-2H,(H2,15,18)/q+1. The third-order valence-corrected chi connectivity index (χ3v) is 3.96. The summed E-state index contributed by atoms with van der Waals surface area (Å²) in [6.45, 7) is 0. The van der Waals surface area contributed by atoms with Crippen molar-refractivity contribution in [2.45, 2.75) is 16.6 Å².